The Labute approximate surface area is 118 Å². The molecule has 1 unspecified atom stereocenters. The van der Waals surface area contributed by atoms with Gasteiger partial charge in [-0.2, -0.15) is 5.10 Å². The molecule has 2 N–H and O–H groups in total. The van der Waals surface area contributed by atoms with Crippen molar-refractivity contribution < 1.29 is 5.11 Å². The Morgan fingerprint density at radius 1 is 1.53 bits per heavy atom. The highest BCUT2D eigenvalue weighted by Crippen LogP contribution is 2.17. The molecule has 0 spiro atoms. The molecule has 0 saturated heterocycles. The monoisotopic (exact) mass is 287 g/mol. The van der Waals surface area contributed by atoms with E-state index in [0.717, 1.165) is 17.5 Å². The van der Waals surface area contributed by atoms with Crippen LogP contribution in [0.5, 0.6) is 0 Å². The predicted molar refractivity (Wildman–Crippen MR) is 77.8 cm³/mol. The first-order chi connectivity index (χ1) is 9.10. The lowest BCUT2D eigenvalue weighted by Crippen LogP contribution is -2.27. The van der Waals surface area contributed by atoms with Gasteiger partial charge in [0, 0.05) is 6.04 Å². The normalized spacial score (nSPS) is 12.4. The zero-order valence-corrected chi connectivity index (χ0v) is 12.3. The molecule has 19 heavy (non-hydrogen) atoms. The lowest BCUT2D eigenvalue weighted by molar-refractivity contribution is 0.266. The second-order valence-electron chi connectivity index (χ2n) is 4.67. The number of aliphatic hydroxyl groups excluding tert-OH is 1. The summed E-state index contributed by atoms with van der Waals surface area (Å²) in [5.74, 6) is 0. The largest absolute Gasteiger partial charge is 0.394 e. The van der Waals surface area contributed by atoms with Crippen LogP contribution < -0.4 is 10.9 Å². The molecule has 0 aromatic carbocycles. The molecular weight excluding hydrogens is 266 g/mol. The van der Waals surface area contributed by atoms with Gasteiger partial charge in [0.25, 0.3) is 5.56 Å². The smallest absolute Gasteiger partial charge is 0.287 e. The predicted octanol–water partition coefficient (Wildman–Crippen LogP) is 2.27. The Bertz CT molecular complexity index is 448. The van der Waals surface area contributed by atoms with Crippen LogP contribution in [0.25, 0.3) is 0 Å². The number of nitrogens with zero attached hydrogens (tertiary/aromatic N) is 2. The SMILES string of the molecule is CCCCCC(C)Nc1cnn(CCO)c(=O)c1Cl. The molecular formula is C13H22ClN3O2. The van der Waals surface area contributed by atoms with Crippen LogP contribution in [0.3, 0.4) is 0 Å². The second-order valence-corrected chi connectivity index (χ2v) is 5.04. The summed E-state index contributed by atoms with van der Waals surface area (Å²) < 4.78 is 1.16. The highest BCUT2D eigenvalue weighted by atomic mass is 35.5. The quantitative estimate of drug-likeness (QED) is 0.720. The zero-order valence-electron chi connectivity index (χ0n) is 11.5. The molecule has 6 heteroatoms. The van der Waals surface area contributed by atoms with Crippen molar-refractivity contribution >= 4 is 17.3 Å². The summed E-state index contributed by atoms with van der Waals surface area (Å²) in [4.78, 5) is 11.8. The zero-order chi connectivity index (χ0) is 14.3. The van der Waals surface area contributed by atoms with E-state index in [9.17, 15) is 4.79 Å². The highest BCUT2D eigenvalue weighted by molar-refractivity contribution is 6.32. The molecule has 0 aliphatic carbocycles. The first kappa shape index (κ1) is 16.0. The lowest BCUT2D eigenvalue weighted by Gasteiger charge is -2.16. The van der Waals surface area contributed by atoms with Crippen LogP contribution >= 0.6 is 11.6 Å². The number of hydrogen-bond acceptors (Lipinski definition) is 4. The van der Waals surface area contributed by atoms with Crippen molar-refractivity contribution in [3.8, 4) is 0 Å². The van der Waals surface area contributed by atoms with Crippen molar-refractivity contribution in [1.82, 2.24) is 9.78 Å². The standard InChI is InChI=1S/C13H22ClN3O2/c1-3-4-5-6-10(2)16-11-9-15-17(7-8-18)13(19)12(11)14/h9-10,16,18H,3-8H2,1-2H3. The average Bonchev–Trinajstić information content (AvgIpc) is 2.39. The van der Waals surface area contributed by atoms with Gasteiger partial charge in [0.15, 0.2) is 0 Å². The van der Waals surface area contributed by atoms with E-state index in [0.29, 0.717) is 5.69 Å². The highest BCUT2D eigenvalue weighted by Gasteiger charge is 2.11. The van der Waals surface area contributed by atoms with E-state index in [1.807, 2.05) is 0 Å². The van der Waals surface area contributed by atoms with Crippen molar-refractivity contribution in [3.05, 3.63) is 21.6 Å². The number of aromatic nitrogens is 2. The maximum atomic E-state index is 11.8. The van der Waals surface area contributed by atoms with Crippen molar-refractivity contribution in [2.45, 2.75) is 52.1 Å². The Kier molecular flexibility index (Phi) is 6.87. The van der Waals surface area contributed by atoms with Crippen LogP contribution in [-0.2, 0) is 6.54 Å². The Balaban J connectivity index is 2.69. The Morgan fingerprint density at radius 3 is 2.89 bits per heavy atom. The number of halogens is 1. The van der Waals surface area contributed by atoms with Crippen LogP contribution in [0, 0.1) is 0 Å². The third-order valence-corrected chi connectivity index (χ3v) is 3.30. The van der Waals surface area contributed by atoms with Crippen molar-refractivity contribution in [3.63, 3.8) is 0 Å². The van der Waals surface area contributed by atoms with Gasteiger partial charge < -0.3 is 10.4 Å². The molecule has 108 valence electrons. The van der Waals surface area contributed by atoms with Gasteiger partial charge in [-0.3, -0.25) is 4.79 Å². The summed E-state index contributed by atoms with van der Waals surface area (Å²) in [6.45, 7) is 4.25. The summed E-state index contributed by atoms with van der Waals surface area (Å²) in [6.07, 6.45) is 6.11. The first-order valence-corrected chi connectivity index (χ1v) is 7.11. The van der Waals surface area contributed by atoms with E-state index in [1.54, 1.807) is 0 Å². The van der Waals surface area contributed by atoms with Gasteiger partial charge in [0.1, 0.15) is 5.02 Å². The summed E-state index contributed by atoms with van der Waals surface area (Å²) in [5, 5.41) is 16.1. The summed E-state index contributed by atoms with van der Waals surface area (Å²) in [6, 6.07) is 0.249. The summed E-state index contributed by atoms with van der Waals surface area (Å²) in [7, 11) is 0. The Hall–Kier alpha value is -1.07. The van der Waals surface area contributed by atoms with Crippen molar-refractivity contribution in [1.29, 1.82) is 0 Å². The van der Waals surface area contributed by atoms with Gasteiger partial charge in [-0.05, 0) is 13.3 Å². The lowest BCUT2D eigenvalue weighted by atomic mass is 10.1. The average molecular weight is 288 g/mol. The fourth-order valence-electron chi connectivity index (χ4n) is 1.86. The molecule has 0 bridgehead atoms. The molecule has 1 aromatic rings. The van der Waals surface area contributed by atoms with E-state index >= 15 is 0 Å². The topological polar surface area (TPSA) is 67.2 Å². The van der Waals surface area contributed by atoms with E-state index in [2.05, 4.69) is 24.3 Å². The van der Waals surface area contributed by atoms with Crippen molar-refractivity contribution in [2.75, 3.05) is 11.9 Å². The third kappa shape index (κ3) is 4.84. The molecule has 0 fully saturated rings. The fourth-order valence-corrected chi connectivity index (χ4v) is 2.06. The minimum Gasteiger partial charge on any atom is -0.394 e. The maximum Gasteiger partial charge on any atom is 0.287 e. The third-order valence-electron chi connectivity index (χ3n) is 2.94. The number of rotatable bonds is 8. The van der Waals surface area contributed by atoms with Crippen LogP contribution in [0.1, 0.15) is 39.5 Å². The van der Waals surface area contributed by atoms with E-state index in [1.165, 1.54) is 19.0 Å². The van der Waals surface area contributed by atoms with Crippen LogP contribution in [-0.4, -0.2) is 27.5 Å². The molecule has 0 saturated carbocycles. The van der Waals surface area contributed by atoms with Gasteiger partial charge >= 0.3 is 0 Å². The number of anilines is 1. The molecule has 0 aliphatic rings. The van der Waals surface area contributed by atoms with Crippen LogP contribution in [0.4, 0.5) is 5.69 Å². The van der Waals surface area contributed by atoms with Gasteiger partial charge in [0.2, 0.25) is 0 Å². The van der Waals surface area contributed by atoms with Gasteiger partial charge in [-0.25, -0.2) is 4.68 Å². The summed E-state index contributed by atoms with van der Waals surface area (Å²) >= 11 is 6.02. The maximum absolute atomic E-state index is 11.8. The van der Waals surface area contributed by atoms with E-state index in [4.69, 9.17) is 16.7 Å². The van der Waals surface area contributed by atoms with Gasteiger partial charge in [-0.15, -0.1) is 0 Å². The molecule has 1 heterocycles. The molecule has 1 atom stereocenters. The summed E-state index contributed by atoms with van der Waals surface area (Å²) in [5.41, 5.74) is 0.186. The van der Waals surface area contributed by atoms with Crippen molar-refractivity contribution in [2.24, 2.45) is 0 Å². The van der Waals surface area contributed by atoms with E-state index < -0.39 is 0 Å². The number of hydrogen-bond donors (Lipinski definition) is 2. The molecule has 0 amide bonds. The van der Waals surface area contributed by atoms with Crippen LogP contribution in [0.15, 0.2) is 11.0 Å². The van der Waals surface area contributed by atoms with E-state index in [-0.39, 0.29) is 29.8 Å². The molecule has 1 rings (SSSR count). The molecule has 0 aliphatic heterocycles. The first-order valence-electron chi connectivity index (χ1n) is 6.73. The number of nitrogens with one attached hydrogen (secondary N) is 1. The van der Waals surface area contributed by atoms with Crippen LogP contribution in [0.2, 0.25) is 5.02 Å². The Morgan fingerprint density at radius 2 is 2.26 bits per heavy atom. The molecule has 1 aromatic heterocycles. The number of aliphatic hydroxyl groups is 1. The second kappa shape index (κ2) is 8.17. The molecule has 0 radical (unpaired) electrons. The number of unbranched alkanes of at least 4 members (excludes halogenated alkanes) is 2. The fraction of sp³-hybridized carbons (Fsp3) is 0.692. The molecule has 5 nitrogen and oxygen atoms in total. The minimum absolute atomic E-state index is 0.130. The van der Waals surface area contributed by atoms with Gasteiger partial charge in [0.05, 0.1) is 25.0 Å². The minimum atomic E-state index is -0.374. The van der Waals surface area contributed by atoms with Gasteiger partial charge in [-0.1, -0.05) is 37.8 Å².